The lowest BCUT2D eigenvalue weighted by atomic mass is 10.2. The molecule has 7 heteroatoms. The fourth-order valence-corrected chi connectivity index (χ4v) is 3.91. The van der Waals surface area contributed by atoms with Crippen LogP contribution in [0.3, 0.4) is 0 Å². The molecule has 0 atom stereocenters. The fourth-order valence-electron chi connectivity index (χ4n) is 2.87. The number of benzene rings is 1. The molecule has 0 aliphatic carbocycles. The van der Waals surface area contributed by atoms with Crippen LogP contribution in [0.2, 0.25) is 0 Å². The first-order valence-corrected chi connectivity index (χ1v) is 9.53. The van der Waals surface area contributed by atoms with Gasteiger partial charge in [-0.1, -0.05) is 6.07 Å². The summed E-state index contributed by atoms with van der Waals surface area (Å²) in [5.41, 5.74) is 8.76. The maximum atomic E-state index is 14.1. The van der Waals surface area contributed by atoms with Gasteiger partial charge in [-0.2, -0.15) is 0 Å². The minimum atomic E-state index is -0.500. The second-order valence-electron chi connectivity index (χ2n) is 6.72. The Bertz CT molecular complexity index is 1130. The van der Waals surface area contributed by atoms with E-state index in [1.54, 1.807) is 18.3 Å². The molecule has 0 saturated carbocycles. The van der Waals surface area contributed by atoms with Crippen LogP contribution in [0.25, 0.3) is 20.8 Å². The first-order chi connectivity index (χ1) is 13.5. The van der Waals surface area contributed by atoms with Crippen molar-refractivity contribution in [1.82, 2.24) is 14.9 Å². The number of anilines is 1. The highest BCUT2D eigenvalue weighted by atomic mass is 32.1. The van der Waals surface area contributed by atoms with Gasteiger partial charge in [-0.25, -0.2) is 4.39 Å². The second kappa shape index (κ2) is 7.53. The molecule has 2 N–H and O–H groups in total. The van der Waals surface area contributed by atoms with Crippen LogP contribution < -0.4 is 10.5 Å². The number of nitrogens with two attached hydrogens (primary N) is 1. The van der Waals surface area contributed by atoms with Crippen LogP contribution in [0.1, 0.15) is 5.56 Å². The minimum absolute atomic E-state index is 0.128. The lowest BCUT2D eigenvalue weighted by Crippen LogP contribution is -2.10. The fraction of sp³-hybridized carbons (Fsp3) is 0.143. The number of thiophene rings is 1. The van der Waals surface area contributed by atoms with E-state index < -0.39 is 5.82 Å². The number of halogens is 1. The van der Waals surface area contributed by atoms with Crippen molar-refractivity contribution in [1.29, 1.82) is 0 Å². The number of aromatic nitrogens is 2. The van der Waals surface area contributed by atoms with Crippen LogP contribution in [-0.4, -0.2) is 29.0 Å². The van der Waals surface area contributed by atoms with Crippen LogP contribution in [0, 0.1) is 5.82 Å². The van der Waals surface area contributed by atoms with Crippen molar-refractivity contribution in [2.24, 2.45) is 0 Å². The number of nitrogen functional groups attached to an aromatic ring is 1. The van der Waals surface area contributed by atoms with E-state index in [0.717, 1.165) is 32.9 Å². The highest BCUT2D eigenvalue weighted by molar-refractivity contribution is 7.22. The van der Waals surface area contributed by atoms with Crippen molar-refractivity contribution >= 4 is 27.2 Å². The zero-order valence-electron chi connectivity index (χ0n) is 15.5. The molecule has 4 rings (SSSR count). The predicted molar refractivity (Wildman–Crippen MR) is 111 cm³/mol. The van der Waals surface area contributed by atoms with Gasteiger partial charge in [-0.05, 0) is 43.9 Å². The normalized spacial score (nSPS) is 11.3. The van der Waals surface area contributed by atoms with Gasteiger partial charge >= 0.3 is 0 Å². The van der Waals surface area contributed by atoms with Crippen molar-refractivity contribution in [2.45, 2.75) is 6.54 Å². The molecule has 0 unspecified atom stereocenters. The molecule has 4 aromatic rings. The van der Waals surface area contributed by atoms with E-state index >= 15 is 0 Å². The van der Waals surface area contributed by atoms with Gasteiger partial charge in [-0.3, -0.25) is 9.97 Å². The SMILES string of the molecule is CN(C)Cc1ccc(-c2cc3nccc(Oc4ccc(N)cc4F)c3s2)nc1. The standard InChI is InChI=1S/C21H19FN4OS/c1-26(2)12-13-3-5-16(25-11-13)20-10-17-21(28-20)19(7-8-24-17)27-18-6-4-14(23)9-15(18)22/h3-11H,12,23H2,1-2H3. The summed E-state index contributed by atoms with van der Waals surface area (Å²) in [7, 11) is 4.05. The molecule has 0 aliphatic heterocycles. The number of hydrogen-bond acceptors (Lipinski definition) is 6. The summed E-state index contributed by atoms with van der Waals surface area (Å²) >= 11 is 1.52. The molecule has 3 heterocycles. The predicted octanol–water partition coefficient (Wildman–Crippen LogP) is 4.93. The maximum absolute atomic E-state index is 14.1. The number of rotatable bonds is 5. The van der Waals surface area contributed by atoms with Crippen LogP contribution in [-0.2, 0) is 6.54 Å². The van der Waals surface area contributed by atoms with E-state index in [4.69, 9.17) is 10.5 Å². The summed E-state index contributed by atoms with van der Waals surface area (Å²) in [5, 5.41) is 0. The Kier molecular flexibility index (Phi) is 4.93. The molecule has 0 spiro atoms. The Labute approximate surface area is 166 Å². The lowest BCUT2D eigenvalue weighted by Gasteiger charge is -2.09. The quantitative estimate of drug-likeness (QED) is 0.486. The molecule has 3 aromatic heterocycles. The highest BCUT2D eigenvalue weighted by Gasteiger charge is 2.13. The molecule has 0 fully saturated rings. The van der Waals surface area contributed by atoms with Gasteiger partial charge in [0.05, 0.1) is 20.8 Å². The first kappa shape index (κ1) is 18.3. The van der Waals surface area contributed by atoms with Crippen molar-refractivity contribution in [2.75, 3.05) is 19.8 Å². The van der Waals surface area contributed by atoms with Gasteiger partial charge in [0.15, 0.2) is 11.6 Å². The molecule has 5 nitrogen and oxygen atoms in total. The average molecular weight is 394 g/mol. The molecule has 0 bridgehead atoms. The Morgan fingerprint density at radius 2 is 1.93 bits per heavy atom. The van der Waals surface area contributed by atoms with E-state index in [0.29, 0.717) is 11.4 Å². The molecular weight excluding hydrogens is 375 g/mol. The van der Waals surface area contributed by atoms with Gasteiger partial charge in [0.1, 0.15) is 5.75 Å². The van der Waals surface area contributed by atoms with Crippen molar-refractivity contribution in [3.05, 3.63) is 66.2 Å². The molecular formula is C21H19FN4OS. The third-order valence-corrected chi connectivity index (χ3v) is 5.29. The van der Waals surface area contributed by atoms with E-state index in [1.807, 2.05) is 32.4 Å². The second-order valence-corrected chi connectivity index (χ2v) is 7.77. The van der Waals surface area contributed by atoms with Crippen LogP contribution in [0.15, 0.2) is 54.9 Å². The van der Waals surface area contributed by atoms with Gasteiger partial charge in [-0.15, -0.1) is 11.3 Å². The lowest BCUT2D eigenvalue weighted by molar-refractivity contribution is 0.402. The highest BCUT2D eigenvalue weighted by Crippen LogP contribution is 2.39. The number of pyridine rings is 2. The Morgan fingerprint density at radius 3 is 2.64 bits per heavy atom. The Morgan fingerprint density at radius 1 is 1.07 bits per heavy atom. The van der Waals surface area contributed by atoms with E-state index in [2.05, 4.69) is 20.9 Å². The summed E-state index contributed by atoms with van der Waals surface area (Å²) in [6.45, 7) is 0.840. The molecule has 1 aromatic carbocycles. The third-order valence-electron chi connectivity index (χ3n) is 4.13. The number of ether oxygens (including phenoxy) is 1. The Hall–Kier alpha value is -3.03. The van der Waals surface area contributed by atoms with Crippen LogP contribution in [0.5, 0.6) is 11.5 Å². The third kappa shape index (κ3) is 3.81. The summed E-state index contributed by atoms with van der Waals surface area (Å²) in [6.07, 6.45) is 3.53. The monoisotopic (exact) mass is 394 g/mol. The first-order valence-electron chi connectivity index (χ1n) is 8.71. The van der Waals surface area contributed by atoms with E-state index in [1.165, 1.54) is 23.5 Å². The van der Waals surface area contributed by atoms with E-state index in [9.17, 15) is 4.39 Å². The zero-order chi connectivity index (χ0) is 19.7. The summed E-state index contributed by atoms with van der Waals surface area (Å²) in [6, 6.07) is 12.1. The van der Waals surface area contributed by atoms with Crippen molar-refractivity contribution < 1.29 is 9.13 Å². The van der Waals surface area contributed by atoms with Gasteiger partial charge in [0, 0.05) is 36.8 Å². The topological polar surface area (TPSA) is 64.3 Å². The summed E-state index contributed by atoms with van der Waals surface area (Å²) < 4.78 is 20.7. The summed E-state index contributed by atoms with van der Waals surface area (Å²) in [5.74, 6) is 0.178. The van der Waals surface area contributed by atoms with Crippen molar-refractivity contribution in [3.63, 3.8) is 0 Å². The number of hydrogen-bond donors (Lipinski definition) is 1. The van der Waals surface area contributed by atoms with Crippen LogP contribution in [0.4, 0.5) is 10.1 Å². The minimum Gasteiger partial charge on any atom is -0.453 e. The van der Waals surface area contributed by atoms with Gasteiger partial charge in [0.2, 0.25) is 0 Å². The molecule has 0 amide bonds. The van der Waals surface area contributed by atoms with E-state index in [-0.39, 0.29) is 5.75 Å². The summed E-state index contributed by atoms with van der Waals surface area (Å²) in [4.78, 5) is 12.1. The average Bonchev–Trinajstić information content (AvgIpc) is 3.09. The molecule has 0 saturated heterocycles. The molecule has 28 heavy (non-hydrogen) atoms. The number of fused-ring (bicyclic) bond motifs is 1. The van der Waals surface area contributed by atoms with Crippen molar-refractivity contribution in [3.8, 4) is 22.1 Å². The van der Waals surface area contributed by atoms with Gasteiger partial charge in [0.25, 0.3) is 0 Å². The number of nitrogens with zero attached hydrogens (tertiary/aromatic N) is 3. The maximum Gasteiger partial charge on any atom is 0.167 e. The van der Waals surface area contributed by atoms with Crippen LogP contribution >= 0.6 is 11.3 Å². The smallest absolute Gasteiger partial charge is 0.167 e. The zero-order valence-corrected chi connectivity index (χ0v) is 16.3. The molecule has 142 valence electrons. The van der Waals surface area contributed by atoms with Gasteiger partial charge < -0.3 is 15.4 Å². The Balaban J connectivity index is 1.67. The molecule has 0 aliphatic rings. The molecule has 0 radical (unpaired) electrons. The largest absolute Gasteiger partial charge is 0.453 e.